The predicted octanol–water partition coefficient (Wildman–Crippen LogP) is 2.75. The first-order valence-electron chi connectivity index (χ1n) is 6.42. The number of rotatable bonds is 2. The van der Waals surface area contributed by atoms with E-state index in [0.717, 1.165) is 16.8 Å². The highest BCUT2D eigenvalue weighted by molar-refractivity contribution is 14.1. The first kappa shape index (κ1) is 14.0. The van der Waals surface area contributed by atoms with Gasteiger partial charge in [-0.2, -0.15) is 5.10 Å². The van der Waals surface area contributed by atoms with Crippen LogP contribution in [0.15, 0.2) is 41.3 Å². The van der Waals surface area contributed by atoms with Crippen molar-refractivity contribution in [2.75, 3.05) is 0 Å². The molecule has 3 aromatic rings. The van der Waals surface area contributed by atoms with Gasteiger partial charge >= 0.3 is 0 Å². The molecule has 6 heteroatoms. The summed E-state index contributed by atoms with van der Waals surface area (Å²) in [5.41, 5.74) is 3.15. The van der Waals surface area contributed by atoms with Crippen LogP contribution in [-0.4, -0.2) is 19.7 Å². The molecule has 0 atom stereocenters. The molecule has 0 fully saturated rings. The third kappa shape index (κ3) is 2.63. The second-order valence-corrected chi connectivity index (χ2v) is 5.82. The number of nitrogens with zero attached hydrogens (tertiary/aromatic N) is 3. The zero-order valence-corrected chi connectivity index (χ0v) is 13.7. The minimum absolute atomic E-state index is 0.136. The minimum atomic E-state index is -0.136. The van der Waals surface area contributed by atoms with Crippen molar-refractivity contribution in [3.05, 3.63) is 56.1 Å². The monoisotopic (exact) mass is 392 g/mol. The molecule has 106 valence electrons. The van der Waals surface area contributed by atoms with E-state index in [9.17, 15) is 4.79 Å². The molecule has 0 unspecified atom stereocenters. The fourth-order valence-electron chi connectivity index (χ4n) is 2.21. The van der Waals surface area contributed by atoms with Gasteiger partial charge in [0.25, 0.3) is 5.56 Å². The Morgan fingerprint density at radius 2 is 1.95 bits per heavy atom. The topological polar surface area (TPSA) is 63.6 Å². The number of aromatic amines is 1. The number of aryl methyl sites for hydroxylation is 2. The molecule has 5 nitrogen and oxygen atoms in total. The molecular formula is C15H13IN4O. The largest absolute Gasteiger partial charge is 0.305 e. The molecule has 3 rings (SSSR count). The third-order valence-corrected chi connectivity index (χ3v) is 4.18. The first-order valence-corrected chi connectivity index (χ1v) is 7.50. The van der Waals surface area contributed by atoms with Gasteiger partial charge in [0.05, 0.1) is 17.0 Å². The van der Waals surface area contributed by atoms with Crippen LogP contribution in [0.1, 0.15) is 5.69 Å². The van der Waals surface area contributed by atoms with E-state index in [0.29, 0.717) is 15.1 Å². The Labute approximate surface area is 135 Å². The van der Waals surface area contributed by atoms with Crippen molar-refractivity contribution in [3.8, 4) is 22.6 Å². The highest BCUT2D eigenvalue weighted by atomic mass is 127. The Morgan fingerprint density at radius 1 is 1.24 bits per heavy atom. The van der Waals surface area contributed by atoms with Gasteiger partial charge in [0.1, 0.15) is 9.39 Å². The molecule has 0 spiro atoms. The quantitative estimate of drug-likeness (QED) is 0.683. The van der Waals surface area contributed by atoms with E-state index in [4.69, 9.17) is 0 Å². The summed E-state index contributed by atoms with van der Waals surface area (Å²) in [5.74, 6) is 0.546. The van der Waals surface area contributed by atoms with Crippen LogP contribution < -0.4 is 5.56 Å². The smallest absolute Gasteiger partial charge is 0.265 e. The van der Waals surface area contributed by atoms with E-state index >= 15 is 0 Å². The number of hydrogen-bond donors (Lipinski definition) is 1. The van der Waals surface area contributed by atoms with Gasteiger partial charge in [-0.05, 0) is 29.5 Å². The first-order chi connectivity index (χ1) is 10.1. The molecule has 2 aromatic heterocycles. The maximum Gasteiger partial charge on any atom is 0.265 e. The summed E-state index contributed by atoms with van der Waals surface area (Å²) in [5, 5.41) is 4.29. The van der Waals surface area contributed by atoms with Crippen molar-refractivity contribution in [3.63, 3.8) is 0 Å². The average Bonchev–Trinajstić information content (AvgIpc) is 2.81. The zero-order chi connectivity index (χ0) is 15.0. The number of halogens is 1. The molecule has 0 aliphatic carbocycles. The lowest BCUT2D eigenvalue weighted by atomic mass is 10.1. The molecule has 21 heavy (non-hydrogen) atoms. The van der Waals surface area contributed by atoms with Crippen LogP contribution in [0.4, 0.5) is 0 Å². The summed E-state index contributed by atoms with van der Waals surface area (Å²) in [7, 11) is 1.85. The molecule has 0 saturated heterocycles. The highest BCUT2D eigenvalue weighted by Gasteiger charge is 2.14. The summed E-state index contributed by atoms with van der Waals surface area (Å²) in [6.07, 6.45) is 1.86. The van der Waals surface area contributed by atoms with E-state index < -0.39 is 0 Å². The van der Waals surface area contributed by atoms with Crippen molar-refractivity contribution < 1.29 is 0 Å². The molecule has 0 aliphatic heterocycles. The molecule has 1 aromatic carbocycles. The maximum atomic E-state index is 12.2. The van der Waals surface area contributed by atoms with E-state index in [2.05, 4.69) is 15.1 Å². The lowest BCUT2D eigenvalue weighted by Crippen LogP contribution is -2.14. The fourth-order valence-corrected chi connectivity index (χ4v) is 2.77. The molecule has 0 amide bonds. The summed E-state index contributed by atoms with van der Waals surface area (Å²) in [6, 6.07) is 9.70. The van der Waals surface area contributed by atoms with Crippen LogP contribution >= 0.6 is 22.6 Å². The van der Waals surface area contributed by atoms with E-state index in [1.54, 1.807) is 4.68 Å². The van der Waals surface area contributed by atoms with Gasteiger partial charge in [-0.3, -0.25) is 9.48 Å². The third-order valence-electron chi connectivity index (χ3n) is 3.18. The molecule has 0 radical (unpaired) electrons. The fraction of sp³-hybridized carbons (Fsp3) is 0.133. The van der Waals surface area contributed by atoms with Gasteiger partial charge in [0.15, 0.2) is 0 Å². The Hall–Kier alpha value is -1.96. The molecule has 1 N–H and O–H groups in total. The number of nitrogens with one attached hydrogen (secondary N) is 1. The van der Waals surface area contributed by atoms with Crippen LogP contribution in [0.25, 0.3) is 22.6 Å². The maximum absolute atomic E-state index is 12.2. The van der Waals surface area contributed by atoms with Crippen LogP contribution in [-0.2, 0) is 7.05 Å². The van der Waals surface area contributed by atoms with Crippen LogP contribution in [0.2, 0.25) is 0 Å². The van der Waals surface area contributed by atoms with Crippen molar-refractivity contribution in [1.29, 1.82) is 0 Å². The van der Waals surface area contributed by atoms with E-state index in [1.807, 2.05) is 73.1 Å². The van der Waals surface area contributed by atoms with Gasteiger partial charge in [0, 0.05) is 18.8 Å². The van der Waals surface area contributed by atoms with Crippen LogP contribution in [0.5, 0.6) is 0 Å². The normalized spacial score (nSPS) is 10.8. The molecule has 0 aliphatic rings. The van der Waals surface area contributed by atoms with Gasteiger partial charge in [0.2, 0.25) is 0 Å². The highest BCUT2D eigenvalue weighted by Crippen LogP contribution is 2.24. The molecule has 2 heterocycles. The van der Waals surface area contributed by atoms with E-state index in [1.165, 1.54) is 0 Å². The summed E-state index contributed by atoms with van der Waals surface area (Å²) in [4.78, 5) is 19.7. The SMILES string of the molecule is Cc1nn(C)cc1-c1nc(-c2ccccc2)c(I)c(=O)[nH]1. The number of H-pyrrole nitrogens is 1. The van der Waals surface area contributed by atoms with Crippen molar-refractivity contribution in [1.82, 2.24) is 19.7 Å². The second-order valence-electron chi connectivity index (χ2n) is 4.75. The predicted molar refractivity (Wildman–Crippen MR) is 89.9 cm³/mol. The van der Waals surface area contributed by atoms with Crippen LogP contribution in [0.3, 0.4) is 0 Å². The number of aromatic nitrogens is 4. The standard InChI is InChI=1S/C15H13IN4O/c1-9-11(8-20(2)19-9)14-17-13(12(16)15(21)18-14)10-6-4-3-5-7-10/h3-8H,1-2H3,(H,17,18,21). The average molecular weight is 392 g/mol. The Bertz CT molecular complexity index is 852. The zero-order valence-electron chi connectivity index (χ0n) is 11.6. The van der Waals surface area contributed by atoms with Crippen molar-refractivity contribution in [2.24, 2.45) is 7.05 Å². The summed E-state index contributed by atoms with van der Waals surface area (Å²) < 4.78 is 2.30. The Kier molecular flexibility index (Phi) is 3.62. The minimum Gasteiger partial charge on any atom is -0.305 e. The molecule has 0 saturated carbocycles. The van der Waals surface area contributed by atoms with Gasteiger partial charge in [-0.25, -0.2) is 4.98 Å². The van der Waals surface area contributed by atoms with Crippen LogP contribution in [0, 0.1) is 10.5 Å². The Balaban J connectivity index is 2.24. The number of hydrogen-bond acceptors (Lipinski definition) is 3. The van der Waals surface area contributed by atoms with Gasteiger partial charge < -0.3 is 4.98 Å². The van der Waals surface area contributed by atoms with Gasteiger partial charge in [-0.1, -0.05) is 30.3 Å². The molecule has 0 bridgehead atoms. The van der Waals surface area contributed by atoms with E-state index in [-0.39, 0.29) is 5.56 Å². The number of benzene rings is 1. The molecular weight excluding hydrogens is 379 g/mol. The van der Waals surface area contributed by atoms with Gasteiger partial charge in [-0.15, -0.1) is 0 Å². The summed E-state index contributed by atoms with van der Waals surface area (Å²) >= 11 is 2.03. The summed E-state index contributed by atoms with van der Waals surface area (Å²) in [6.45, 7) is 1.90. The lowest BCUT2D eigenvalue weighted by Gasteiger charge is -2.06. The second kappa shape index (κ2) is 5.44. The Morgan fingerprint density at radius 3 is 2.57 bits per heavy atom. The van der Waals surface area contributed by atoms with Crippen molar-refractivity contribution in [2.45, 2.75) is 6.92 Å². The lowest BCUT2D eigenvalue weighted by molar-refractivity contribution is 0.756. The van der Waals surface area contributed by atoms with Crippen molar-refractivity contribution >= 4 is 22.6 Å².